The molecule has 3 aromatic heterocycles. The molecule has 0 fully saturated rings. The van der Waals surface area contributed by atoms with Crippen molar-refractivity contribution in [3.05, 3.63) is 194 Å². The minimum atomic E-state index is 0.564. The molecule has 56 heavy (non-hydrogen) atoms. The van der Waals surface area contributed by atoms with Crippen LogP contribution in [0.15, 0.2) is 188 Å². The highest BCUT2D eigenvalue weighted by atomic mass is 15.1. The van der Waals surface area contributed by atoms with Gasteiger partial charge in [-0.3, -0.25) is 0 Å². The Hall–Kier alpha value is -7.57. The van der Waals surface area contributed by atoms with Gasteiger partial charge in [0, 0.05) is 44.2 Å². The van der Waals surface area contributed by atoms with E-state index >= 15 is 0 Å². The van der Waals surface area contributed by atoms with Crippen molar-refractivity contribution in [2.75, 3.05) is 0 Å². The van der Waals surface area contributed by atoms with Gasteiger partial charge < -0.3 is 4.57 Å². The number of hydrogen-bond donors (Lipinski definition) is 0. The molecule has 7 aromatic carbocycles. The fraction of sp³-hybridized carbons (Fsp3) is 0.0200. The molecular formula is C50H34N6. The van der Waals surface area contributed by atoms with E-state index in [0.29, 0.717) is 23.3 Å². The lowest BCUT2D eigenvalue weighted by atomic mass is 10.0. The number of rotatable bonds is 7. The summed E-state index contributed by atoms with van der Waals surface area (Å²) < 4.78 is 2.34. The molecule has 6 nitrogen and oxygen atoms in total. The van der Waals surface area contributed by atoms with E-state index in [4.69, 9.17) is 24.9 Å². The number of para-hydroxylation sites is 1. The predicted octanol–water partition coefficient (Wildman–Crippen LogP) is 12.1. The van der Waals surface area contributed by atoms with Crippen LogP contribution in [0.4, 0.5) is 0 Å². The van der Waals surface area contributed by atoms with Crippen LogP contribution < -0.4 is 0 Å². The van der Waals surface area contributed by atoms with Gasteiger partial charge in [-0.25, -0.2) is 24.9 Å². The molecule has 0 amide bonds. The summed E-state index contributed by atoms with van der Waals surface area (Å²) in [5, 5.41) is 2.36. The molecular weight excluding hydrogens is 685 g/mol. The Kier molecular flexibility index (Phi) is 8.26. The first-order valence-electron chi connectivity index (χ1n) is 18.7. The lowest BCUT2D eigenvalue weighted by Gasteiger charge is -2.17. The maximum absolute atomic E-state index is 5.24. The molecule has 6 heteroatoms. The Morgan fingerprint density at radius 1 is 0.339 bits per heavy atom. The third kappa shape index (κ3) is 6.09. The number of benzene rings is 7. The highest BCUT2D eigenvalue weighted by Gasteiger charge is 2.21. The van der Waals surface area contributed by atoms with Gasteiger partial charge in [0.1, 0.15) is 0 Å². The zero-order valence-electron chi connectivity index (χ0n) is 30.6. The third-order valence-electron chi connectivity index (χ3n) is 10.1. The molecule has 0 bridgehead atoms. The second kappa shape index (κ2) is 14.0. The van der Waals surface area contributed by atoms with Crippen LogP contribution >= 0.6 is 0 Å². The van der Waals surface area contributed by atoms with Crippen molar-refractivity contribution in [1.29, 1.82) is 0 Å². The second-order valence-electron chi connectivity index (χ2n) is 13.8. The number of hydrogen-bond acceptors (Lipinski definition) is 5. The quantitative estimate of drug-likeness (QED) is 0.164. The normalized spacial score (nSPS) is 11.3. The molecule has 0 unspecified atom stereocenters. The molecule has 0 aliphatic heterocycles. The molecule has 0 radical (unpaired) electrons. The maximum atomic E-state index is 5.24. The second-order valence-corrected chi connectivity index (χ2v) is 13.8. The Morgan fingerprint density at radius 3 is 1.43 bits per heavy atom. The van der Waals surface area contributed by atoms with Crippen molar-refractivity contribution in [1.82, 2.24) is 29.5 Å². The van der Waals surface area contributed by atoms with E-state index in [0.717, 1.165) is 61.5 Å². The van der Waals surface area contributed by atoms with Gasteiger partial charge >= 0.3 is 0 Å². The van der Waals surface area contributed by atoms with Gasteiger partial charge in [-0.15, -0.1) is 0 Å². The largest absolute Gasteiger partial charge is 0.308 e. The fourth-order valence-corrected chi connectivity index (χ4v) is 7.41. The monoisotopic (exact) mass is 718 g/mol. The van der Waals surface area contributed by atoms with Gasteiger partial charge in [0.15, 0.2) is 23.3 Å². The SMILES string of the molecule is Cc1ccc2c3ccccc3n(-c3ccc(-c4cc(-c5ccccc5)nc(-c5ccccc5)n4)cc3-c3nc(-c4ccccc4)nc(-c4ccccc4)n3)c2c1. The molecule has 0 spiro atoms. The van der Waals surface area contributed by atoms with Crippen molar-refractivity contribution >= 4 is 21.8 Å². The standard InChI is InChI=1S/C50H34N6/c1-33-26-28-40-39-24-14-15-25-44(39)56(46(40)30-33)45-29-27-38(43-32-42(34-16-6-2-7-17-34)51-47(52-43)35-18-8-3-9-19-35)31-41(45)50-54-48(36-20-10-4-11-21-36)53-49(55-50)37-22-12-5-13-23-37/h2-32H,1H3. The summed E-state index contributed by atoms with van der Waals surface area (Å²) in [6, 6.07) is 64.4. The lowest BCUT2D eigenvalue weighted by Crippen LogP contribution is -2.04. The van der Waals surface area contributed by atoms with E-state index in [9.17, 15) is 0 Å². The number of fused-ring (bicyclic) bond motifs is 3. The Labute approximate surface area is 324 Å². The zero-order valence-corrected chi connectivity index (χ0v) is 30.6. The predicted molar refractivity (Wildman–Crippen MR) is 227 cm³/mol. The number of aromatic nitrogens is 6. The van der Waals surface area contributed by atoms with Crippen molar-refractivity contribution in [3.63, 3.8) is 0 Å². The first-order valence-corrected chi connectivity index (χ1v) is 18.7. The Morgan fingerprint density at radius 2 is 0.821 bits per heavy atom. The van der Waals surface area contributed by atoms with E-state index in [1.54, 1.807) is 0 Å². The first-order chi connectivity index (χ1) is 27.7. The average Bonchev–Trinajstić information content (AvgIpc) is 3.60. The summed E-state index contributed by atoms with van der Waals surface area (Å²) in [5.41, 5.74) is 11.5. The van der Waals surface area contributed by atoms with Crippen molar-refractivity contribution in [3.8, 4) is 73.8 Å². The van der Waals surface area contributed by atoms with Crippen LogP contribution in [0.1, 0.15) is 5.56 Å². The van der Waals surface area contributed by atoms with Crippen LogP contribution in [0.25, 0.3) is 95.6 Å². The minimum absolute atomic E-state index is 0.564. The smallest absolute Gasteiger partial charge is 0.166 e. The molecule has 10 rings (SSSR count). The van der Waals surface area contributed by atoms with Crippen LogP contribution in [-0.2, 0) is 0 Å². The van der Waals surface area contributed by atoms with Crippen LogP contribution in [0, 0.1) is 6.92 Å². The van der Waals surface area contributed by atoms with E-state index in [-0.39, 0.29) is 0 Å². The molecule has 3 heterocycles. The van der Waals surface area contributed by atoms with Gasteiger partial charge in [-0.1, -0.05) is 158 Å². The van der Waals surface area contributed by atoms with E-state index in [1.807, 2.05) is 109 Å². The summed E-state index contributed by atoms with van der Waals surface area (Å²) in [5.74, 6) is 2.42. The highest BCUT2D eigenvalue weighted by molar-refractivity contribution is 6.10. The van der Waals surface area contributed by atoms with Gasteiger partial charge in [0.25, 0.3) is 0 Å². The average molecular weight is 719 g/mol. The van der Waals surface area contributed by atoms with Crippen molar-refractivity contribution in [2.45, 2.75) is 6.92 Å². The van der Waals surface area contributed by atoms with E-state index in [2.05, 4.69) is 90.4 Å². The van der Waals surface area contributed by atoms with Crippen LogP contribution in [0.2, 0.25) is 0 Å². The summed E-state index contributed by atoms with van der Waals surface area (Å²) in [7, 11) is 0. The van der Waals surface area contributed by atoms with Crippen molar-refractivity contribution < 1.29 is 0 Å². The molecule has 0 saturated heterocycles. The molecule has 0 aliphatic rings. The molecule has 10 aromatic rings. The lowest BCUT2D eigenvalue weighted by molar-refractivity contribution is 1.06. The zero-order chi connectivity index (χ0) is 37.4. The van der Waals surface area contributed by atoms with Gasteiger partial charge in [-0.2, -0.15) is 0 Å². The van der Waals surface area contributed by atoms with Gasteiger partial charge in [-0.05, 0) is 42.8 Å². The van der Waals surface area contributed by atoms with E-state index in [1.165, 1.54) is 16.3 Å². The molecule has 0 atom stereocenters. The topological polar surface area (TPSA) is 69.4 Å². The Bertz CT molecular complexity index is 2900. The number of nitrogens with zero attached hydrogens (tertiary/aromatic N) is 6. The molecule has 0 aliphatic carbocycles. The summed E-state index contributed by atoms with van der Waals surface area (Å²) in [4.78, 5) is 25.8. The van der Waals surface area contributed by atoms with Crippen LogP contribution in [0.3, 0.4) is 0 Å². The summed E-state index contributed by atoms with van der Waals surface area (Å²) in [6.45, 7) is 2.14. The summed E-state index contributed by atoms with van der Waals surface area (Å²) in [6.07, 6.45) is 0. The molecule has 264 valence electrons. The van der Waals surface area contributed by atoms with Crippen LogP contribution in [-0.4, -0.2) is 29.5 Å². The van der Waals surface area contributed by atoms with Crippen molar-refractivity contribution in [2.24, 2.45) is 0 Å². The highest BCUT2D eigenvalue weighted by Crippen LogP contribution is 2.39. The molecule has 0 saturated carbocycles. The maximum Gasteiger partial charge on any atom is 0.166 e. The van der Waals surface area contributed by atoms with Gasteiger partial charge in [0.2, 0.25) is 0 Å². The minimum Gasteiger partial charge on any atom is -0.308 e. The molecule has 0 N–H and O–H groups in total. The van der Waals surface area contributed by atoms with Gasteiger partial charge in [0.05, 0.1) is 28.1 Å². The summed E-state index contributed by atoms with van der Waals surface area (Å²) >= 11 is 0. The third-order valence-corrected chi connectivity index (χ3v) is 10.1. The number of aryl methyl sites for hydroxylation is 1. The van der Waals surface area contributed by atoms with Crippen LogP contribution in [0.5, 0.6) is 0 Å². The van der Waals surface area contributed by atoms with E-state index < -0.39 is 0 Å². The first kappa shape index (κ1) is 33.0. The fourth-order valence-electron chi connectivity index (χ4n) is 7.41. The Balaban J connectivity index is 1.28.